The number of pyridine rings is 1. The molecule has 238 valence electrons. The van der Waals surface area contributed by atoms with E-state index >= 15 is 4.39 Å². The Morgan fingerprint density at radius 2 is 1.86 bits per heavy atom. The Balaban J connectivity index is 1.44. The number of ether oxygens (including phenoxy) is 1. The van der Waals surface area contributed by atoms with E-state index in [0.717, 1.165) is 31.2 Å². The van der Waals surface area contributed by atoms with Crippen LogP contribution in [-0.2, 0) is 29.6 Å². The van der Waals surface area contributed by atoms with E-state index in [0.29, 0.717) is 30.0 Å². The maximum absolute atomic E-state index is 16.1. The minimum Gasteiger partial charge on any atom is -0.377 e. The summed E-state index contributed by atoms with van der Waals surface area (Å²) in [6.07, 6.45) is 7.30. The molecule has 2 aromatic rings. The van der Waals surface area contributed by atoms with Crippen LogP contribution in [0.2, 0.25) is 10.2 Å². The number of halogens is 3. The van der Waals surface area contributed by atoms with Gasteiger partial charge in [0.05, 0.1) is 23.9 Å². The summed E-state index contributed by atoms with van der Waals surface area (Å²) in [6, 6.07) is 6.94. The van der Waals surface area contributed by atoms with E-state index in [1.54, 1.807) is 18.2 Å². The number of hydrogen-bond donors (Lipinski definition) is 1. The molecule has 2 spiro atoms. The zero-order valence-corrected chi connectivity index (χ0v) is 27.6. The van der Waals surface area contributed by atoms with Gasteiger partial charge in [-0.15, -0.1) is 0 Å². The van der Waals surface area contributed by atoms with Crippen molar-refractivity contribution in [1.29, 1.82) is 0 Å². The smallest absolute Gasteiger partial charge is 0.236 e. The molecule has 4 aliphatic rings. The second kappa shape index (κ2) is 11.3. The van der Waals surface area contributed by atoms with E-state index in [1.165, 1.54) is 12.5 Å². The van der Waals surface area contributed by atoms with Gasteiger partial charge in [-0.05, 0) is 91.0 Å². The predicted molar refractivity (Wildman–Crippen MR) is 168 cm³/mol. The number of aromatic nitrogens is 1. The third kappa shape index (κ3) is 5.39. The molecule has 1 aromatic heterocycles. The van der Waals surface area contributed by atoms with Gasteiger partial charge in [0.25, 0.3) is 0 Å². The quantitative estimate of drug-likeness (QED) is 0.337. The number of rotatable bonds is 6. The predicted octanol–water partition coefficient (Wildman–Crippen LogP) is 6.91. The maximum atomic E-state index is 16.1. The molecule has 2 saturated carbocycles. The van der Waals surface area contributed by atoms with Crippen molar-refractivity contribution in [2.45, 2.75) is 82.7 Å². The van der Waals surface area contributed by atoms with Crippen LogP contribution in [0.1, 0.15) is 82.3 Å². The molecule has 3 fully saturated rings. The highest BCUT2D eigenvalue weighted by atomic mass is 35.5. The monoisotopic (exact) mass is 664 g/mol. The third-order valence-electron chi connectivity index (χ3n) is 11.0. The summed E-state index contributed by atoms with van der Waals surface area (Å²) < 4.78 is 45.5. The molecule has 3 heterocycles. The summed E-state index contributed by atoms with van der Waals surface area (Å²) in [6.45, 7) is 4.74. The fourth-order valence-electron chi connectivity index (χ4n) is 8.83. The summed E-state index contributed by atoms with van der Waals surface area (Å²) in [5.74, 6) is -2.55. The van der Waals surface area contributed by atoms with Crippen molar-refractivity contribution in [1.82, 2.24) is 4.98 Å². The van der Waals surface area contributed by atoms with Gasteiger partial charge in [-0.2, -0.15) is 0 Å². The number of Topliss-reactive ketones (excluding diaryl/α,β-unsaturated/α-hetero) is 1. The fraction of sp³-hybridized carbons (Fsp3) is 0.606. The van der Waals surface area contributed by atoms with Crippen molar-refractivity contribution in [2.75, 3.05) is 23.9 Å². The highest BCUT2D eigenvalue weighted by Gasteiger charge is 2.72. The van der Waals surface area contributed by atoms with E-state index in [2.05, 4.69) is 24.1 Å². The van der Waals surface area contributed by atoms with Crippen molar-refractivity contribution in [2.24, 2.45) is 22.7 Å². The van der Waals surface area contributed by atoms with Crippen molar-refractivity contribution in [3.8, 4) is 0 Å². The lowest BCUT2D eigenvalue weighted by atomic mass is 9.51. The molecule has 11 heteroatoms. The Hall–Kier alpha value is -2.07. The largest absolute Gasteiger partial charge is 0.377 e. The number of nitrogens with one attached hydrogen (secondary N) is 1. The maximum Gasteiger partial charge on any atom is 0.236 e. The lowest BCUT2D eigenvalue weighted by Gasteiger charge is -2.51. The molecule has 0 unspecified atom stereocenters. The van der Waals surface area contributed by atoms with Crippen molar-refractivity contribution in [3.63, 3.8) is 0 Å². The topological polar surface area (TPSA) is 102 Å². The number of nitrogens with zero attached hydrogens (tertiary/aromatic N) is 1. The third-order valence-corrected chi connectivity index (χ3v) is 12.4. The minimum atomic E-state index is -3.18. The number of anilines is 1. The van der Waals surface area contributed by atoms with Gasteiger partial charge in [-0.3, -0.25) is 9.59 Å². The molecule has 0 bridgehead atoms. The van der Waals surface area contributed by atoms with Crippen molar-refractivity contribution in [3.05, 3.63) is 57.6 Å². The normalized spacial score (nSPS) is 30.8. The van der Waals surface area contributed by atoms with Crippen LogP contribution in [0.15, 0.2) is 30.5 Å². The standard InChI is InChI=1S/C33H39Cl2FN2O5S/c1-31(2)9-11-32(12-10-31)16-23(26(39)14-19-4-6-21(43-17-19)18-44(3,41)42)27(22-8-13-37-29(35)28(22)36)33(32)24-7-5-20(34)15-25(24)38-30(33)40/h5,7-8,13,15,19,21,23,27H,4,6,9-12,14,16-18H2,1-3H3,(H,38,40)/t19-,21-,23-,27-,33+/m0/s1. The molecule has 2 aliphatic heterocycles. The molecular formula is C33H39Cl2FN2O5S. The second-order valence-corrected chi connectivity index (χ2v) is 17.3. The van der Waals surface area contributed by atoms with Crippen LogP contribution in [0.25, 0.3) is 0 Å². The van der Waals surface area contributed by atoms with Crippen LogP contribution in [-0.4, -0.2) is 49.8 Å². The second-order valence-electron chi connectivity index (χ2n) is 14.4. The summed E-state index contributed by atoms with van der Waals surface area (Å²) in [5, 5.41) is 3.28. The fourth-order valence-corrected chi connectivity index (χ4v) is 10.1. The van der Waals surface area contributed by atoms with Gasteiger partial charge in [0.1, 0.15) is 15.6 Å². The summed E-state index contributed by atoms with van der Waals surface area (Å²) in [5.41, 5.74) is -0.140. The van der Waals surface area contributed by atoms with E-state index in [9.17, 15) is 18.0 Å². The zero-order valence-electron chi connectivity index (χ0n) is 25.3. The number of fused-ring (bicyclic) bond motifs is 3. The Morgan fingerprint density at radius 1 is 1.14 bits per heavy atom. The molecule has 0 radical (unpaired) electrons. The minimum absolute atomic E-state index is 0.0335. The molecule has 1 saturated heterocycles. The molecule has 7 nitrogen and oxygen atoms in total. The molecule has 1 amide bonds. The average molecular weight is 666 g/mol. The van der Waals surface area contributed by atoms with E-state index in [-0.39, 0.29) is 58.6 Å². The number of sulfone groups is 1. The molecular weight excluding hydrogens is 626 g/mol. The van der Waals surface area contributed by atoms with Crippen molar-refractivity contribution >= 4 is 50.4 Å². The number of hydrogen-bond acceptors (Lipinski definition) is 6. The van der Waals surface area contributed by atoms with Crippen LogP contribution >= 0.6 is 23.2 Å². The van der Waals surface area contributed by atoms with Crippen LogP contribution in [0.5, 0.6) is 0 Å². The highest BCUT2D eigenvalue weighted by Crippen LogP contribution is 2.72. The molecule has 2 aliphatic carbocycles. The molecule has 5 atom stereocenters. The van der Waals surface area contributed by atoms with Crippen molar-refractivity contribution < 1.29 is 27.1 Å². The Labute approximate surface area is 268 Å². The van der Waals surface area contributed by atoms with Gasteiger partial charge in [-0.25, -0.2) is 17.8 Å². The van der Waals surface area contributed by atoms with Gasteiger partial charge in [0.15, 0.2) is 11.0 Å². The van der Waals surface area contributed by atoms with Crippen LogP contribution in [0, 0.1) is 28.5 Å². The Kier molecular flexibility index (Phi) is 8.20. The molecule has 44 heavy (non-hydrogen) atoms. The Morgan fingerprint density at radius 3 is 2.52 bits per heavy atom. The first-order valence-electron chi connectivity index (χ1n) is 15.4. The number of carbonyl (C=O) groups excluding carboxylic acids is 2. The van der Waals surface area contributed by atoms with Gasteiger partial charge >= 0.3 is 0 Å². The molecule has 1 N–H and O–H groups in total. The van der Waals surface area contributed by atoms with Crippen LogP contribution in [0.4, 0.5) is 10.1 Å². The number of amides is 1. The first-order valence-corrected chi connectivity index (χ1v) is 18.2. The highest BCUT2D eigenvalue weighted by molar-refractivity contribution is 7.90. The van der Waals surface area contributed by atoms with Gasteiger partial charge in [0, 0.05) is 41.4 Å². The van der Waals surface area contributed by atoms with Gasteiger partial charge in [-0.1, -0.05) is 43.1 Å². The van der Waals surface area contributed by atoms with Crippen LogP contribution < -0.4 is 5.32 Å². The van der Waals surface area contributed by atoms with Gasteiger partial charge < -0.3 is 10.1 Å². The number of benzene rings is 1. The average Bonchev–Trinajstić information content (AvgIpc) is 3.40. The summed E-state index contributed by atoms with van der Waals surface area (Å²) in [7, 11) is -3.18. The molecule has 1 aromatic carbocycles. The van der Waals surface area contributed by atoms with Gasteiger partial charge in [0.2, 0.25) is 5.91 Å². The van der Waals surface area contributed by atoms with E-state index in [4.69, 9.17) is 27.9 Å². The SMILES string of the molecule is CC1(C)CCC2(CC1)C[C@@H](C(=O)C[C@@H]1CC[C@@H](CS(C)(=O)=O)OC1)[C@H](c1ccnc(Cl)c1F)[C@]21C(=O)Nc2cc(Cl)ccc21. The molecule has 6 rings (SSSR count). The number of carbonyl (C=O) groups is 2. The lowest BCUT2D eigenvalue weighted by molar-refractivity contribution is -0.127. The summed E-state index contributed by atoms with van der Waals surface area (Å²) in [4.78, 5) is 33.0. The first kappa shape index (κ1) is 31.9. The first-order chi connectivity index (χ1) is 20.7. The number of ketones is 1. The Bertz CT molecular complexity index is 1600. The van der Waals surface area contributed by atoms with E-state index < -0.39 is 38.3 Å². The van der Waals surface area contributed by atoms with Crippen LogP contribution in [0.3, 0.4) is 0 Å². The van der Waals surface area contributed by atoms with E-state index in [1.807, 2.05) is 6.07 Å². The zero-order chi connectivity index (χ0) is 31.7. The summed E-state index contributed by atoms with van der Waals surface area (Å²) >= 11 is 12.6. The lowest BCUT2D eigenvalue weighted by Crippen LogP contribution is -2.52.